The third-order valence-corrected chi connectivity index (χ3v) is 3.33. The third kappa shape index (κ3) is 2.78. The van der Waals surface area contributed by atoms with Crippen molar-refractivity contribution in [2.75, 3.05) is 18.9 Å². The molecule has 1 aromatic carbocycles. The Morgan fingerprint density at radius 1 is 1.53 bits per heavy atom. The van der Waals surface area contributed by atoms with Crippen LogP contribution in [0.1, 0.15) is 16.8 Å². The molecule has 17 heavy (non-hydrogen) atoms. The zero-order valence-corrected chi connectivity index (χ0v) is 10.1. The molecule has 0 aliphatic carbocycles. The normalized spacial score (nSPS) is 14.6. The first kappa shape index (κ1) is 12.0. The van der Waals surface area contributed by atoms with Crippen LogP contribution in [0.2, 0.25) is 0 Å². The van der Waals surface area contributed by atoms with Crippen LogP contribution in [0, 0.1) is 11.3 Å². The highest BCUT2D eigenvalue weighted by atomic mass is 32.2. The largest absolute Gasteiger partial charge is 0.278 e. The van der Waals surface area contributed by atoms with Crippen LogP contribution in [0.4, 0.5) is 0 Å². The van der Waals surface area contributed by atoms with Gasteiger partial charge in [-0.3, -0.25) is 9.63 Å². The van der Waals surface area contributed by atoms with E-state index in [1.54, 1.807) is 6.07 Å². The number of thioether (sulfide) groups is 1. The van der Waals surface area contributed by atoms with Gasteiger partial charge >= 0.3 is 0 Å². The second kappa shape index (κ2) is 5.71. The summed E-state index contributed by atoms with van der Waals surface area (Å²) in [7, 11) is 0. The zero-order valence-electron chi connectivity index (χ0n) is 9.26. The minimum atomic E-state index is -0.122. The fourth-order valence-corrected chi connectivity index (χ4v) is 2.33. The van der Waals surface area contributed by atoms with Crippen molar-refractivity contribution in [3.8, 4) is 6.07 Å². The van der Waals surface area contributed by atoms with E-state index in [-0.39, 0.29) is 5.91 Å². The lowest BCUT2D eigenvalue weighted by atomic mass is 10.2. The van der Waals surface area contributed by atoms with Crippen LogP contribution in [0.3, 0.4) is 0 Å². The maximum atomic E-state index is 12.1. The molecule has 1 aliphatic rings. The number of benzene rings is 1. The molecule has 4 nitrogen and oxygen atoms in total. The molecule has 1 saturated heterocycles. The van der Waals surface area contributed by atoms with Crippen LogP contribution in [0.15, 0.2) is 29.2 Å². The van der Waals surface area contributed by atoms with E-state index in [9.17, 15) is 4.79 Å². The molecule has 0 aromatic heterocycles. The maximum absolute atomic E-state index is 12.1. The summed E-state index contributed by atoms with van der Waals surface area (Å²) in [5.41, 5.74) is 0.606. The molecular weight excluding hydrogens is 236 g/mol. The van der Waals surface area contributed by atoms with Crippen molar-refractivity contribution < 1.29 is 9.63 Å². The molecular formula is C12H12N2O2S. The molecule has 1 aliphatic heterocycles. The topological polar surface area (TPSA) is 53.3 Å². The van der Waals surface area contributed by atoms with Gasteiger partial charge in [-0.05, 0) is 18.6 Å². The summed E-state index contributed by atoms with van der Waals surface area (Å²) < 4.78 is 0. The molecule has 2 rings (SSSR count). The lowest BCUT2D eigenvalue weighted by molar-refractivity contribution is -0.0770. The summed E-state index contributed by atoms with van der Waals surface area (Å²) in [6, 6.07) is 9.36. The van der Waals surface area contributed by atoms with Crippen molar-refractivity contribution in [2.24, 2.45) is 0 Å². The van der Waals surface area contributed by atoms with Crippen molar-refractivity contribution >= 4 is 17.7 Å². The zero-order chi connectivity index (χ0) is 12.1. The summed E-state index contributed by atoms with van der Waals surface area (Å²) in [6.45, 7) is 1.23. The average molecular weight is 248 g/mol. The predicted molar refractivity (Wildman–Crippen MR) is 64.4 cm³/mol. The van der Waals surface area contributed by atoms with E-state index in [4.69, 9.17) is 10.1 Å². The van der Waals surface area contributed by atoms with Gasteiger partial charge in [0.15, 0.2) is 0 Å². The first-order chi connectivity index (χ1) is 8.33. The molecule has 1 fully saturated rings. The summed E-state index contributed by atoms with van der Waals surface area (Å²) in [6.07, 6.45) is 0.874. The van der Waals surface area contributed by atoms with E-state index in [0.717, 1.165) is 11.3 Å². The number of hydrogen-bond acceptors (Lipinski definition) is 4. The maximum Gasteiger partial charge on any atom is 0.278 e. The van der Waals surface area contributed by atoms with Crippen molar-refractivity contribution in [3.05, 3.63) is 29.8 Å². The van der Waals surface area contributed by atoms with Gasteiger partial charge in [0.1, 0.15) is 0 Å². The van der Waals surface area contributed by atoms with Crippen LogP contribution in [0.25, 0.3) is 0 Å². The molecule has 1 heterocycles. The van der Waals surface area contributed by atoms with Gasteiger partial charge in [0.05, 0.1) is 30.5 Å². The minimum absolute atomic E-state index is 0.122. The Balaban J connectivity index is 2.18. The Hall–Kier alpha value is -1.51. The first-order valence-corrected chi connectivity index (χ1v) is 6.35. The van der Waals surface area contributed by atoms with E-state index in [1.165, 1.54) is 16.8 Å². The van der Waals surface area contributed by atoms with Gasteiger partial charge < -0.3 is 0 Å². The SMILES string of the molecule is N#CCSc1ccccc1C(=O)N1CCCO1. The van der Waals surface area contributed by atoms with Gasteiger partial charge in [0.2, 0.25) is 0 Å². The monoisotopic (exact) mass is 248 g/mol. The Kier molecular flexibility index (Phi) is 4.02. The minimum Gasteiger partial charge on any atom is -0.271 e. The quantitative estimate of drug-likeness (QED) is 0.768. The van der Waals surface area contributed by atoms with Crippen LogP contribution in [0.5, 0.6) is 0 Å². The van der Waals surface area contributed by atoms with Crippen molar-refractivity contribution in [1.29, 1.82) is 5.26 Å². The summed E-state index contributed by atoms with van der Waals surface area (Å²) in [5.74, 6) is 0.217. The number of hydrogen-bond donors (Lipinski definition) is 0. The van der Waals surface area contributed by atoms with Crippen LogP contribution in [-0.2, 0) is 4.84 Å². The molecule has 0 spiro atoms. The van der Waals surface area contributed by atoms with E-state index >= 15 is 0 Å². The second-order valence-corrected chi connectivity index (χ2v) is 4.55. The van der Waals surface area contributed by atoms with Gasteiger partial charge in [0.25, 0.3) is 5.91 Å². The number of carbonyl (C=O) groups is 1. The fourth-order valence-electron chi connectivity index (χ4n) is 1.62. The number of rotatable bonds is 3. The lowest BCUT2D eigenvalue weighted by Crippen LogP contribution is -2.26. The summed E-state index contributed by atoms with van der Waals surface area (Å²) >= 11 is 1.37. The Bertz CT molecular complexity index is 450. The van der Waals surface area contributed by atoms with Crippen molar-refractivity contribution in [2.45, 2.75) is 11.3 Å². The number of amides is 1. The third-order valence-electron chi connectivity index (χ3n) is 2.39. The van der Waals surface area contributed by atoms with Gasteiger partial charge in [-0.15, -0.1) is 11.8 Å². The van der Waals surface area contributed by atoms with E-state index in [0.29, 0.717) is 24.5 Å². The second-order valence-electron chi connectivity index (χ2n) is 3.54. The number of hydroxylamine groups is 2. The van der Waals surface area contributed by atoms with Crippen LogP contribution in [-0.4, -0.2) is 29.9 Å². The predicted octanol–water partition coefficient (Wildman–Crippen LogP) is 2.08. The van der Waals surface area contributed by atoms with Crippen molar-refractivity contribution in [1.82, 2.24) is 5.06 Å². The van der Waals surface area contributed by atoms with Crippen LogP contribution < -0.4 is 0 Å². The highest BCUT2D eigenvalue weighted by molar-refractivity contribution is 7.99. The molecule has 0 saturated carbocycles. The highest BCUT2D eigenvalue weighted by Gasteiger charge is 2.22. The Labute approximate surface area is 104 Å². The first-order valence-electron chi connectivity index (χ1n) is 5.36. The summed E-state index contributed by atoms with van der Waals surface area (Å²) in [5, 5.41) is 9.97. The Morgan fingerprint density at radius 2 is 2.35 bits per heavy atom. The molecule has 88 valence electrons. The summed E-state index contributed by atoms with van der Waals surface area (Å²) in [4.78, 5) is 18.2. The van der Waals surface area contributed by atoms with Gasteiger partial charge in [-0.25, -0.2) is 5.06 Å². The number of nitriles is 1. The van der Waals surface area contributed by atoms with E-state index in [2.05, 4.69) is 6.07 Å². The van der Waals surface area contributed by atoms with E-state index in [1.807, 2.05) is 18.2 Å². The molecule has 0 bridgehead atoms. The Morgan fingerprint density at radius 3 is 3.06 bits per heavy atom. The molecule has 5 heteroatoms. The number of nitrogens with zero attached hydrogens (tertiary/aromatic N) is 2. The molecule has 0 N–H and O–H groups in total. The molecule has 0 atom stereocenters. The fraction of sp³-hybridized carbons (Fsp3) is 0.333. The molecule has 0 radical (unpaired) electrons. The van der Waals surface area contributed by atoms with Gasteiger partial charge in [-0.2, -0.15) is 5.26 Å². The average Bonchev–Trinajstić information content (AvgIpc) is 2.89. The highest BCUT2D eigenvalue weighted by Crippen LogP contribution is 2.24. The van der Waals surface area contributed by atoms with Gasteiger partial charge in [0, 0.05) is 4.90 Å². The molecule has 0 unspecified atom stereocenters. The molecule has 1 amide bonds. The van der Waals surface area contributed by atoms with Crippen molar-refractivity contribution in [3.63, 3.8) is 0 Å². The lowest BCUT2D eigenvalue weighted by Gasteiger charge is -2.15. The van der Waals surface area contributed by atoms with E-state index < -0.39 is 0 Å². The van der Waals surface area contributed by atoms with Crippen LogP contribution >= 0.6 is 11.8 Å². The standard InChI is InChI=1S/C12H12N2O2S/c13-6-9-17-11-5-2-1-4-10(11)12(15)14-7-3-8-16-14/h1-2,4-5H,3,7-9H2. The number of carbonyl (C=O) groups excluding carboxylic acids is 1. The smallest absolute Gasteiger partial charge is 0.271 e. The van der Waals surface area contributed by atoms with Gasteiger partial charge in [-0.1, -0.05) is 12.1 Å². The molecule has 1 aromatic rings.